The molecule has 0 aliphatic rings. The van der Waals surface area contributed by atoms with Crippen LogP contribution in [0.25, 0.3) is 0 Å². The lowest BCUT2D eigenvalue weighted by Gasteiger charge is -2.13. The van der Waals surface area contributed by atoms with Crippen LogP contribution in [0, 0.1) is 5.82 Å². The molecule has 2 rings (SSSR count). The summed E-state index contributed by atoms with van der Waals surface area (Å²) in [5.41, 5.74) is 6.77. The Hall–Kier alpha value is -1.39. The van der Waals surface area contributed by atoms with E-state index in [0.717, 1.165) is 10.0 Å². The van der Waals surface area contributed by atoms with Gasteiger partial charge in [-0.15, -0.1) is 0 Å². The second kappa shape index (κ2) is 6.17. The van der Waals surface area contributed by atoms with E-state index in [1.54, 1.807) is 18.2 Å². The second-order valence-corrected chi connectivity index (χ2v) is 5.38. The second-order valence-electron chi connectivity index (χ2n) is 4.47. The fraction of sp³-hybridized carbons (Fsp3) is 0.200. The molecule has 2 N–H and O–H groups in total. The summed E-state index contributed by atoms with van der Waals surface area (Å²) in [5.74, 6) is 0.456. The monoisotopic (exact) mass is 323 g/mol. The van der Waals surface area contributed by atoms with Gasteiger partial charge < -0.3 is 10.5 Å². The van der Waals surface area contributed by atoms with Crippen molar-refractivity contribution in [3.05, 3.63) is 58.3 Å². The summed E-state index contributed by atoms with van der Waals surface area (Å²) in [6, 6.07) is 12.0. The number of benzene rings is 2. The van der Waals surface area contributed by atoms with Gasteiger partial charge in [0, 0.05) is 10.5 Å². The number of rotatable bonds is 4. The quantitative estimate of drug-likeness (QED) is 0.911. The van der Waals surface area contributed by atoms with Gasteiger partial charge in [-0.05, 0) is 43.2 Å². The van der Waals surface area contributed by atoms with Gasteiger partial charge in [0.05, 0.1) is 0 Å². The van der Waals surface area contributed by atoms with E-state index in [9.17, 15) is 4.39 Å². The Morgan fingerprint density at radius 2 is 1.95 bits per heavy atom. The Bertz CT molecular complexity index is 572. The van der Waals surface area contributed by atoms with E-state index in [0.29, 0.717) is 12.2 Å². The predicted octanol–water partition coefficient (Wildman–Crippen LogP) is 4.27. The highest BCUT2D eigenvalue weighted by Crippen LogP contribution is 2.30. The highest BCUT2D eigenvalue weighted by molar-refractivity contribution is 9.10. The van der Waals surface area contributed by atoms with Gasteiger partial charge in [-0.3, -0.25) is 0 Å². The maximum atomic E-state index is 13.6. The molecule has 4 heteroatoms. The molecule has 0 aromatic heterocycles. The van der Waals surface area contributed by atoms with Crippen LogP contribution in [-0.4, -0.2) is 6.04 Å². The molecular formula is C15H15BrFNO. The van der Waals surface area contributed by atoms with Gasteiger partial charge in [0.2, 0.25) is 0 Å². The van der Waals surface area contributed by atoms with Crippen molar-refractivity contribution >= 4 is 15.9 Å². The molecule has 0 heterocycles. The summed E-state index contributed by atoms with van der Waals surface area (Å²) in [6.45, 7) is 1.93. The fourth-order valence-electron chi connectivity index (χ4n) is 1.78. The van der Waals surface area contributed by atoms with Gasteiger partial charge in [-0.1, -0.05) is 34.1 Å². The molecule has 1 unspecified atom stereocenters. The van der Waals surface area contributed by atoms with E-state index in [1.807, 2.05) is 25.1 Å². The molecule has 0 bridgehead atoms. The summed E-state index contributed by atoms with van der Waals surface area (Å²) in [4.78, 5) is 0. The first-order valence-electron chi connectivity index (χ1n) is 6.02. The first kappa shape index (κ1) is 14.0. The lowest BCUT2D eigenvalue weighted by molar-refractivity contribution is 0.436. The van der Waals surface area contributed by atoms with Crippen LogP contribution in [-0.2, 0) is 6.42 Å². The van der Waals surface area contributed by atoms with Crippen LogP contribution >= 0.6 is 15.9 Å². The van der Waals surface area contributed by atoms with Crippen molar-refractivity contribution in [2.24, 2.45) is 5.73 Å². The van der Waals surface area contributed by atoms with E-state index >= 15 is 0 Å². The maximum absolute atomic E-state index is 13.6. The topological polar surface area (TPSA) is 35.2 Å². The first-order valence-corrected chi connectivity index (χ1v) is 6.82. The molecule has 0 saturated heterocycles. The summed E-state index contributed by atoms with van der Waals surface area (Å²) in [7, 11) is 0. The number of hydrogen-bond acceptors (Lipinski definition) is 2. The molecule has 100 valence electrons. The molecule has 19 heavy (non-hydrogen) atoms. The van der Waals surface area contributed by atoms with Gasteiger partial charge >= 0.3 is 0 Å². The molecular weight excluding hydrogens is 309 g/mol. The number of ether oxygens (including phenoxy) is 1. The number of hydrogen-bond donors (Lipinski definition) is 1. The Morgan fingerprint density at radius 1 is 1.21 bits per heavy atom. The fourth-order valence-corrected chi connectivity index (χ4v) is 2.12. The van der Waals surface area contributed by atoms with Gasteiger partial charge in [-0.2, -0.15) is 0 Å². The third-order valence-electron chi connectivity index (χ3n) is 2.63. The van der Waals surface area contributed by atoms with Gasteiger partial charge in [0.1, 0.15) is 5.75 Å². The smallest absolute Gasteiger partial charge is 0.165 e. The third-order valence-corrected chi connectivity index (χ3v) is 3.12. The van der Waals surface area contributed by atoms with E-state index in [4.69, 9.17) is 10.5 Å². The zero-order valence-corrected chi connectivity index (χ0v) is 12.2. The predicted molar refractivity (Wildman–Crippen MR) is 78.0 cm³/mol. The highest BCUT2D eigenvalue weighted by Gasteiger charge is 2.10. The molecule has 0 fully saturated rings. The van der Waals surface area contributed by atoms with E-state index in [2.05, 4.69) is 15.9 Å². The molecule has 1 atom stereocenters. The number of nitrogens with two attached hydrogens (primary N) is 1. The van der Waals surface area contributed by atoms with Crippen molar-refractivity contribution in [2.45, 2.75) is 19.4 Å². The molecule has 2 aromatic carbocycles. The number of para-hydroxylation sites is 1. The standard InChI is InChI=1S/C15H15BrFNO/c1-10(18)8-11-6-7-12(16)9-15(11)19-14-5-3-2-4-13(14)17/h2-7,9-10H,8,18H2,1H3. The van der Waals surface area contributed by atoms with Crippen LogP contribution in [0.3, 0.4) is 0 Å². The van der Waals surface area contributed by atoms with Crippen molar-refractivity contribution in [3.63, 3.8) is 0 Å². The average Bonchev–Trinajstić information content (AvgIpc) is 2.35. The molecule has 0 saturated carbocycles. The average molecular weight is 324 g/mol. The molecule has 0 aliphatic carbocycles. The minimum absolute atomic E-state index is 0.0177. The Labute approximate surface area is 120 Å². The lowest BCUT2D eigenvalue weighted by atomic mass is 10.1. The van der Waals surface area contributed by atoms with Crippen molar-refractivity contribution < 1.29 is 9.13 Å². The molecule has 0 aliphatic heterocycles. The van der Waals surface area contributed by atoms with Crippen molar-refractivity contribution in [3.8, 4) is 11.5 Å². The maximum Gasteiger partial charge on any atom is 0.165 e. The van der Waals surface area contributed by atoms with Crippen LogP contribution in [0.2, 0.25) is 0 Å². The van der Waals surface area contributed by atoms with E-state index < -0.39 is 0 Å². The Morgan fingerprint density at radius 3 is 2.63 bits per heavy atom. The highest BCUT2D eigenvalue weighted by atomic mass is 79.9. The van der Waals surface area contributed by atoms with Gasteiger partial charge in [-0.25, -0.2) is 4.39 Å². The van der Waals surface area contributed by atoms with Crippen LogP contribution in [0.5, 0.6) is 11.5 Å². The van der Waals surface area contributed by atoms with E-state index in [-0.39, 0.29) is 17.6 Å². The summed E-state index contributed by atoms with van der Waals surface area (Å²) in [6.07, 6.45) is 0.678. The third kappa shape index (κ3) is 3.78. The minimum atomic E-state index is -0.380. The van der Waals surface area contributed by atoms with Gasteiger partial charge in [0.15, 0.2) is 11.6 Å². The van der Waals surface area contributed by atoms with E-state index in [1.165, 1.54) is 6.07 Å². The van der Waals surface area contributed by atoms with Gasteiger partial charge in [0.25, 0.3) is 0 Å². The first-order chi connectivity index (χ1) is 9.06. The van der Waals surface area contributed by atoms with Crippen LogP contribution in [0.4, 0.5) is 4.39 Å². The minimum Gasteiger partial charge on any atom is -0.454 e. The molecule has 0 spiro atoms. The zero-order chi connectivity index (χ0) is 13.8. The van der Waals surface area contributed by atoms with Crippen LogP contribution < -0.4 is 10.5 Å². The lowest BCUT2D eigenvalue weighted by Crippen LogP contribution is -2.18. The van der Waals surface area contributed by atoms with Crippen LogP contribution in [0.1, 0.15) is 12.5 Å². The van der Waals surface area contributed by atoms with Crippen molar-refractivity contribution in [1.82, 2.24) is 0 Å². The molecule has 2 aromatic rings. The normalized spacial score (nSPS) is 12.2. The molecule has 0 amide bonds. The zero-order valence-electron chi connectivity index (χ0n) is 10.6. The summed E-state index contributed by atoms with van der Waals surface area (Å²) < 4.78 is 20.2. The Kier molecular flexibility index (Phi) is 4.56. The SMILES string of the molecule is CC(N)Cc1ccc(Br)cc1Oc1ccccc1F. The largest absolute Gasteiger partial charge is 0.454 e. The van der Waals surface area contributed by atoms with Crippen molar-refractivity contribution in [2.75, 3.05) is 0 Å². The molecule has 2 nitrogen and oxygen atoms in total. The number of halogens is 2. The van der Waals surface area contributed by atoms with Crippen LogP contribution in [0.15, 0.2) is 46.9 Å². The molecule has 0 radical (unpaired) electrons. The summed E-state index contributed by atoms with van der Waals surface area (Å²) in [5, 5.41) is 0. The summed E-state index contributed by atoms with van der Waals surface area (Å²) >= 11 is 3.39. The Balaban J connectivity index is 2.33. The van der Waals surface area contributed by atoms with Crippen molar-refractivity contribution in [1.29, 1.82) is 0 Å².